The Morgan fingerprint density at radius 2 is 2.06 bits per heavy atom. The summed E-state index contributed by atoms with van der Waals surface area (Å²) in [7, 11) is 0. The van der Waals surface area contributed by atoms with Crippen LogP contribution in [-0.2, 0) is 0 Å². The number of nitrogens with two attached hydrogens (primary N) is 1. The Kier molecular flexibility index (Phi) is 4.38. The molecule has 2 atom stereocenters. The highest BCUT2D eigenvalue weighted by Gasteiger charge is 2.23. The molecule has 1 aromatic carbocycles. The molecule has 1 rings (SSSR count). The first-order valence-electron chi connectivity index (χ1n) is 5.01. The lowest BCUT2D eigenvalue weighted by Gasteiger charge is -2.18. The van der Waals surface area contributed by atoms with Crippen molar-refractivity contribution in [1.82, 2.24) is 0 Å². The summed E-state index contributed by atoms with van der Waals surface area (Å²) in [5.74, 6) is -0.306. The zero-order valence-electron chi connectivity index (χ0n) is 8.98. The summed E-state index contributed by atoms with van der Waals surface area (Å²) in [5.41, 5.74) is 4.87. The second kappa shape index (κ2) is 5.58. The number of phenols is 1. The maximum absolute atomic E-state index is 10.5. The summed E-state index contributed by atoms with van der Waals surface area (Å²) in [4.78, 5) is 9.89. The highest BCUT2D eigenvalue weighted by atomic mass is 16.6. The first-order valence-corrected chi connectivity index (χ1v) is 5.01. The van der Waals surface area contributed by atoms with Crippen LogP contribution in [-0.4, -0.2) is 32.9 Å². The van der Waals surface area contributed by atoms with Gasteiger partial charge in [0, 0.05) is 17.7 Å². The average Bonchev–Trinajstić information content (AvgIpc) is 2.28. The summed E-state index contributed by atoms with van der Waals surface area (Å²) < 4.78 is 0. The molecule has 0 fully saturated rings. The average molecular weight is 242 g/mol. The molecule has 7 heteroatoms. The van der Waals surface area contributed by atoms with Crippen molar-refractivity contribution in [3.63, 3.8) is 0 Å². The minimum Gasteiger partial charge on any atom is -0.508 e. The topological polar surface area (TPSA) is 130 Å². The number of aromatic hydroxyl groups is 1. The molecular weight excluding hydrogens is 228 g/mol. The molecule has 0 spiro atoms. The third-order valence-corrected chi connectivity index (χ3v) is 2.37. The number of nitro benzene ring substituents is 1. The van der Waals surface area contributed by atoms with Crippen LogP contribution in [0.15, 0.2) is 18.2 Å². The number of hydrogen-bond acceptors (Lipinski definition) is 6. The molecule has 17 heavy (non-hydrogen) atoms. The smallest absolute Gasteiger partial charge is 0.270 e. The molecule has 0 saturated heterocycles. The lowest BCUT2D eigenvalue weighted by Crippen LogP contribution is -2.21. The van der Waals surface area contributed by atoms with Gasteiger partial charge in [-0.05, 0) is 19.0 Å². The molecule has 0 aliphatic heterocycles. The van der Waals surface area contributed by atoms with E-state index in [0.29, 0.717) is 0 Å². The molecule has 94 valence electrons. The molecule has 5 N–H and O–H groups in total. The van der Waals surface area contributed by atoms with E-state index >= 15 is 0 Å². The lowest BCUT2D eigenvalue weighted by molar-refractivity contribution is -0.385. The molecule has 0 aromatic heterocycles. The first-order chi connectivity index (χ1) is 7.97. The number of phenolic OH excluding ortho intramolecular Hbond substituents is 1. The maximum atomic E-state index is 10.5. The van der Waals surface area contributed by atoms with Crippen LogP contribution in [0, 0.1) is 10.1 Å². The van der Waals surface area contributed by atoms with Crippen LogP contribution in [0.3, 0.4) is 0 Å². The zero-order valence-corrected chi connectivity index (χ0v) is 8.98. The predicted octanol–water partition coefficient (Wildman–Crippen LogP) is 0.0435. The monoisotopic (exact) mass is 242 g/mol. The van der Waals surface area contributed by atoms with E-state index < -0.39 is 17.1 Å². The Balaban J connectivity index is 3.03. The zero-order chi connectivity index (χ0) is 13.0. The number of benzene rings is 1. The van der Waals surface area contributed by atoms with Gasteiger partial charge in [-0.1, -0.05) is 0 Å². The Morgan fingerprint density at radius 1 is 1.41 bits per heavy atom. The number of rotatable bonds is 5. The van der Waals surface area contributed by atoms with Gasteiger partial charge in [-0.3, -0.25) is 10.1 Å². The van der Waals surface area contributed by atoms with E-state index in [0.717, 1.165) is 18.2 Å². The molecule has 0 aliphatic carbocycles. The van der Waals surface area contributed by atoms with Crippen molar-refractivity contribution in [3.8, 4) is 5.75 Å². The second-order valence-corrected chi connectivity index (χ2v) is 3.59. The van der Waals surface area contributed by atoms with Crippen LogP contribution in [0.5, 0.6) is 5.75 Å². The molecule has 1 aromatic rings. The van der Waals surface area contributed by atoms with Crippen LogP contribution in [0.25, 0.3) is 0 Å². The summed E-state index contributed by atoms with van der Waals surface area (Å²) in [5, 5.41) is 39.3. The third kappa shape index (κ3) is 3.13. The highest BCUT2D eigenvalue weighted by Crippen LogP contribution is 2.30. The van der Waals surface area contributed by atoms with Crippen molar-refractivity contribution in [1.29, 1.82) is 0 Å². The van der Waals surface area contributed by atoms with Gasteiger partial charge in [0.2, 0.25) is 0 Å². The lowest BCUT2D eigenvalue weighted by atomic mass is 10.0. The van der Waals surface area contributed by atoms with Crippen molar-refractivity contribution in [2.75, 3.05) is 6.54 Å². The van der Waals surface area contributed by atoms with Crippen molar-refractivity contribution >= 4 is 5.69 Å². The Labute approximate surface area is 97.3 Å². The van der Waals surface area contributed by atoms with Gasteiger partial charge in [0.05, 0.1) is 11.0 Å². The Hall–Kier alpha value is -1.70. The van der Waals surface area contributed by atoms with E-state index in [9.17, 15) is 25.4 Å². The van der Waals surface area contributed by atoms with Crippen molar-refractivity contribution in [2.24, 2.45) is 5.73 Å². The van der Waals surface area contributed by atoms with Crippen molar-refractivity contribution in [3.05, 3.63) is 33.9 Å². The molecule has 0 heterocycles. The van der Waals surface area contributed by atoms with Gasteiger partial charge in [0.25, 0.3) is 5.69 Å². The first kappa shape index (κ1) is 13.4. The Morgan fingerprint density at radius 3 is 2.59 bits per heavy atom. The van der Waals surface area contributed by atoms with Crippen LogP contribution >= 0.6 is 0 Å². The normalized spacial score (nSPS) is 14.3. The fourth-order valence-corrected chi connectivity index (χ4v) is 1.43. The maximum Gasteiger partial charge on any atom is 0.270 e. The number of aliphatic hydroxyl groups excluding tert-OH is 2. The van der Waals surface area contributed by atoms with Gasteiger partial charge in [0.1, 0.15) is 11.9 Å². The van der Waals surface area contributed by atoms with Gasteiger partial charge in [-0.25, -0.2) is 0 Å². The summed E-state index contributed by atoms with van der Waals surface area (Å²) >= 11 is 0. The second-order valence-electron chi connectivity index (χ2n) is 3.59. The van der Waals surface area contributed by atoms with E-state index in [-0.39, 0.29) is 30.0 Å². The number of nitro groups is 1. The van der Waals surface area contributed by atoms with Crippen molar-refractivity contribution in [2.45, 2.75) is 18.6 Å². The third-order valence-electron chi connectivity index (χ3n) is 2.37. The van der Waals surface area contributed by atoms with Gasteiger partial charge in [-0.2, -0.15) is 0 Å². The van der Waals surface area contributed by atoms with Crippen LogP contribution in [0.2, 0.25) is 0 Å². The summed E-state index contributed by atoms with van der Waals surface area (Å²) in [6, 6.07) is 3.24. The van der Waals surface area contributed by atoms with Gasteiger partial charge in [-0.15, -0.1) is 0 Å². The summed E-state index contributed by atoms with van der Waals surface area (Å²) in [6.45, 7) is 0.161. The number of hydrogen-bond donors (Lipinski definition) is 4. The molecule has 0 radical (unpaired) electrons. The number of nitrogens with zero attached hydrogens (tertiary/aromatic N) is 1. The number of non-ortho nitro benzene ring substituents is 1. The van der Waals surface area contributed by atoms with Crippen LogP contribution < -0.4 is 5.73 Å². The molecule has 0 amide bonds. The Bertz CT molecular complexity index is 410. The van der Waals surface area contributed by atoms with E-state index in [2.05, 4.69) is 0 Å². The predicted molar refractivity (Wildman–Crippen MR) is 59.4 cm³/mol. The van der Waals surface area contributed by atoms with E-state index in [1.807, 2.05) is 0 Å². The van der Waals surface area contributed by atoms with Crippen molar-refractivity contribution < 1.29 is 20.2 Å². The SMILES string of the molecule is NCCC(O)C(O)c1cc([N+](=O)[O-])ccc1O. The van der Waals surface area contributed by atoms with E-state index in [4.69, 9.17) is 5.73 Å². The highest BCUT2D eigenvalue weighted by molar-refractivity contribution is 5.44. The molecule has 0 saturated carbocycles. The molecule has 7 nitrogen and oxygen atoms in total. The van der Waals surface area contributed by atoms with Gasteiger partial charge < -0.3 is 21.1 Å². The standard InChI is InChI=1S/C10H14N2O5/c11-4-3-9(14)10(15)7-5-6(12(16)17)1-2-8(7)13/h1-2,5,9-10,13-15H,3-4,11H2. The summed E-state index contributed by atoms with van der Waals surface area (Å²) in [6.07, 6.45) is -2.45. The molecule has 0 aliphatic rings. The van der Waals surface area contributed by atoms with Gasteiger partial charge >= 0.3 is 0 Å². The fourth-order valence-electron chi connectivity index (χ4n) is 1.43. The minimum atomic E-state index is -1.40. The van der Waals surface area contributed by atoms with E-state index in [1.165, 1.54) is 0 Å². The molecule has 0 bridgehead atoms. The van der Waals surface area contributed by atoms with E-state index in [1.54, 1.807) is 0 Å². The quantitative estimate of drug-likeness (QED) is 0.426. The minimum absolute atomic E-state index is 0.0832. The largest absolute Gasteiger partial charge is 0.508 e. The van der Waals surface area contributed by atoms with Crippen LogP contribution in [0.1, 0.15) is 18.1 Å². The fraction of sp³-hybridized carbons (Fsp3) is 0.400. The molecular formula is C10H14N2O5. The number of aliphatic hydroxyl groups is 2. The van der Waals surface area contributed by atoms with Gasteiger partial charge in [0.15, 0.2) is 0 Å². The molecule has 2 unspecified atom stereocenters. The van der Waals surface area contributed by atoms with Crippen LogP contribution in [0.4, 0.5) is 5.69 Å².